The molecule has 0 fully saturated rings. The van der Waals surface area contributed by atoms with Gasteiger partial charge >= 0.3 is 0 Å². The summed E-state index contributed by atoms with van der Waals surface area (Å²) in [6.07, 6.45) is 8.65. The van der Waals surface area contributed by atoms with Gasteiger partial charge in [0.05, 0.1) is 16.4 Å². The lowest BCUT2D eigenvalue weighted by molar-refractivity contribution is 0.228. The fourth-order valence-corrected chi connectivity index (χ4v) is 12.4. The van der Waals surface area contributed by atoms with Crippen LogP contribution < -0.4 is 14.5 Å². The lowest BCUT2D eigenvalue weighted by atomic mass is 9.76. The van der Waals surface area contributed by atoms with Gasteiger partial charge in [-0.1, -0.05) is 140 Å². The maximum absolute atomic E-state index is 6.50. The summed E-state index contributed by atoms with van der Waals surface area (Å²) >= 11 is 1.87. The summed E-state index contributed by atoms with van der Waals surface area (Å²) in [6, 6.07) is 86.1. The number of aromatic nitrogens is 1. The number of hydrogen-bond acceptors (Lipinski definition) is 4. The van der Waals surface area contributed by atoms with Crippen molar-refractivity contribution in [2.45, 2.75) is 18.4 Å². The SMILES string of the molecule is CC12C=CC=CC1Oc1ccc(N(c3ccc(-c4ccccc4)cc3)c3cccc(-c4ccc(N(c5ccccc5)c5ccc6c(c5)c5c7c(ccc5n6-c5ccccc5)sc5ccccc57)cc4)c3)cc12. The Labute approximate surface area is 422 Å². The van der Waals surface area contributed by atoms with Gasteiger partial charge in [0.2, 0.25) is 0 Å². The molecule has 0 spiro atoms. The summed E-state index contributed by atoms with van der Waals surface area (Å²) in [5.41, 5.74) is 15.6. The molecule has 2 aliphatic rings. The lowest BCUT2D eigenvalue weighted by Crippen LogP contribution is -2.32. The molecule has 72 heavy (non-hydrogen) atoms. The van der Waals surface area contributed by atoms with Crippen LogP contribution in [0.4, 0.5) is 34.1 Å². The highest BCUT2D eigenvalue weighted by molar-refractivity contribution is 7.26. The van der Waals surface area contributed by atoms with Crippen LogP contribution in [0.15, 0.2) is 261 Å². The minimum Gasteiger partial charge on any atom is -0.485 e. The summed E-state index contributed by atoms with van der Waals surface area (Å²) in [5, 5.41) is 5.13. The van der Waals surface area contributed by atoms with Gasteiger partial charge < -0.3 is 19.1 Å². The fourth-order valence-electron chi connectivity index (χ4n) is 11.3. The Bertz CT molecular complexity index is 4080. The van der Waals surface area contributed by atoms with E-state index in [1.165, 1.54) is 58.7 Å². The van der Waals surface area contributed by atoms with Crippen molar-refractivity contribution in [2.24, 2.45) is 0 Å². The van der Waals surface area contributed by atoms with Crippen molar-refractivity contribution in [3.05, 3.63) is 266 Å². The molecular weight excluding hydrogens is 895 g/mol. The van der Waals surface area contributed by atoms with E-state index in [4.69, 9.17) is 4.74 Å². The zero-order chi connectivity index (χ0) is 47.8. The molecule has 0 bridgehead atoms. The van der Waals surface area contributed by atoms with E-state index in [9.17, 15) is 0 Å². The van der Waals surface area contributed by atoms with Crippen LogP contribution in [0.2, 0.25) is 0 Å². The number of para-hydroxylation sites is 2. The van der Waals surface area contributed by atoms with Crippen LogP contribution in [0.3, 0.4) is 0 Å². The van der Waals surface area contributed by atoms with Crippen LogP contribution in [0.25, 0.3) is 69.9 Å². The molecular formula is C67H47N3OS. The first-order chi connectivity index (χ1) is 35.6. The third-order valence-electron chi connectivity index (χ3n) is 14.8. The van der Waals surface area contributed by atoms with Crippen LogP contribution >= 0.6 is 11.3 Å². The van der Waals surface area contributed by atoms with E-state index in [2.05, 4.69) is 282 Å². The molecule has 12 aromatic rings. The number of rotatable bonds is 9. The molecule has 14 rings (SSSR count). The van der Waals surface area contributed by atoms with Crippen molar-refractivity contribution in [1.29, 1.82) is 0 Å². The molecule has 3 heterocycles. The Morgan fingerprint density at radius 1 is 0.431 bits per heavy atom. The summed E-state index contributed by atoms with van der Waals surface area (Å²) in [4.78, 5) is 4.76. The molecule has 1 aliphatic heterocycles. The number of fused-ring (bicyclic) bond motifs is 10. The molecule has 4 nitrogen and oxygen atoms in total. The minimum absolute atomic E-state index is 0.0297. The second kappa shape index (κ2) is 16.9. The third kappa shape index (κ3) is 6.88. The zero-order valence-electron chi connectivity index (χ0n) is 39.6. The molecule has 10 aromatic carbocycles. The first-order valence-corrected chi connectivity index (χ1v) is 25.5. The van der Waals surface area contributed by atoms with E-state index < -0.39 is 0 Å². The molecule has 1 aliphatic carbocycles. The summed E-state index contributed by atoms with van der Waals surface area (Å²) in [7, 11) is 0. The minimum atomic E-state index is -0.252. The van der Waals surface area contributed by atoms with E-state index in [-0.39, 0.29) is 11.5 Å². The molecule has 0 saturated heterocycles. The van der Waals surface area contributed by atoms with Gasteiger partial charge in [-0.25, -0.2) is 0 Å². The number of anilines is 6. The normalized spacial score (nSPS) is 15.8. The molecule has 2 atom stereocenters. The van der Waals surface area contributed by atoms with Gasteiger partial charge in [-0.05, 0) is 151 Å². The van der Waals surface area contributed by atoms with Gasteiger partial charge in [0, 0.05) is 76.3 Å². The highest BCUT2D eigenvalue weighted by Crippen LogP contribution is 2.50. The average Bonchev–Trinajstić information content (AvgIpc) is 4.09. The molecule has 2 unspecified atom stereocenters. The second-order valence-corrected chi connectivity index (χ2v) is 20.1. The van der Waals surface area contributed by atoms with Crippen LogP contribution in [-0.4, -0.2) is 10.7 Å². The Morgan fingerprint density at radius 2 is 1.00 bits per heavy atom. The highest BCUT2D eigenvalue weighted by atomic mass is 32.1. The predicted octanol–water partition coefficient (Wildman–Crippen LogP) is 18.6. The molecule has 0 radical (unpaired) electrons. The number of nitrogens with zero attached hydrogens (tertiary/aromatic N) is 3. The summed E-state index contributed by atoms with van der Waals surface area (Å²) < 4.78 is 11.5. The standard InChI is InChI=1S/C67H47N3OS/c1-67-41-14-13-26-64(67)71-61-39-36-55(44-58(61)67)69(52-31-27-46(28-32-52)45-16-5-2-6-17-45)53-23-15-18-48(42-53)47-29-33-51(34-30-47)68(49-19-7-3-8-20-49)54-35-37-59-57(43-54)65-60(70(59)50-21-9-4-10-22-50)38-40-63-66(65)56-24-11-12-25-62(56)72-63/h2-44,64H,1H3. The third-order valence-corrected chi connectivity index (χ3v) is 16.0. The van der Waals surface area contributed by atoms with Gasteiger partial charge in [-0.15, -0.1) is 11.3 Å². The number of hydrogen-bond donors (Lipinski definition) is 0. The molecule has 0 amide bonds. The maximum Gasteiger partial charge on any atom is 0.130 e. The number of allylic oxidation sites excluding steroid dienone is 2. The highest BCUT2D eigenvalue weighted by Gasteiger charge is 2.43. The topological polar surface area (TPSA) is 20.6 Å². The first-order valence-electron chi connectivity index (χ1n) is 24.7. The van der Waals surface area contributed by atoms with Crippen LogP contribution in [0.5, 0.6) is 5.75 Å². The Balaban J connectivity index is 0.873. The van der Waals surface area contributed by atoms with Crippen molar-refractivity contribution in [2.75, 3.05) is 9.80 Å². The van der Waals surface area contributed by atoms with Crippen molar-refractivity contribution in [3.63, 3.8) is 0 Å². The van der Waals surface area contributed by atoms with Gasteiger partial charge in [0.1, 0.15) is 11.9 Å². The van der Waals surface area contributed by atoms with E-state index in [0.29, 0.717) is 0 Å². The van der Waals surface area contributed by atoms with Gasteiger partial charge in [0.15, 0.2) is 0 Å². The Kier molecular flexibility index (Phi) is 9.87. The molecule has 5 heteroatoms. The lowest BCUT2D eigenvalue weighted by Gasteiger charge is -2.29. The monoisotopic (exact) mass is 941 g/mol. The quantitative estimate of drug-likeness (QED) is 0.144. The van der Waals surface area contributed by atoms with Crippen LogP contribution in [0.1, 0.15) is 12.5 Å². The summed E-state index contributed by atoms with van der Waals surface area (Å²) in [6.45, 7) is 2.28. The molecule has 2 aromatic heterocycles. The number of thiophene rings is 1. The van der Waals surface area contributed by atoms with Crippen molar-refractivity contribution in [3.8, 4) is 33.7 Å². The van der Waals surface area contributed by atoms with Crippen LogP contribution in [0, 0.1) is 0 Å². The Hall–Kier alpha value is -8.90. The smallest absolute Gasteiger partial charge is 0.130 e. The maximum atomic E-state index is 6.50. The molecule has 0 saturated carbocycles. The van der Waals surface area contributed by atoms with Crippen molar-refractivity contribution in [1.82, 2.24) is 4.57 Å². The predicted molar refractivity (Wildman–Crippen MR) is 304 cm³/mol. The Morgan fingerprint density at radius 3 is 1.78 bits per heavy atom. The largest absolute Gasteiger partial charge is 0.485 e. The van der Waals surface area contributed by atoms with Gasteiger partial charge in [-0.3, -0.25) is 0 Å². The van der Waals surface area contributed by atoms with E-state index in [0.717, 1.165) is 56.7 Å². The fraction of sp³-hybridized carbons (Fsp3) is 0.0448. The molecule has 0 N–H and O–H groups in total. The van der Waals surface area contributed by atoms with Crippen molar-refractivity contribution >= 4 is 87.4 Å². The summed E-state index contributed by atoms with van der Waals surface area (Å²) in [5.74, 6) is 0.937. The van der Waals surface area contributed by atoms with Crippen LogP contribution in [-0.2, 0) is 5.41 Å². The van der Waals surface area contributed by atoms with Crippen molar-refractivity contribution < 1.29 is 4.74 Å². The van der Waals surface area contributed by atoms with Gasteiger partial charge in [-0.2, -0.15) is 0 Å². The molecule has 342 valence electrons. The average molecular weight is 942 g/mol. The number of ether oxygens (including phenoxy) is 1. The second-order valence-electron chi connectivity index (χ2n) is 19.1. The van der Waals surface area contributed by atoms with E-state index >= 15 is 0 Å². The number of benzene rings is 10. The van der Waals surface area contributed by atoms with E-state index in [1.807, 2.05) is 11.3 Å². The van der Waals surface area contributed by atoms with E-state index in [1.54, 1.807) is 0 Å². The zero-order valence-corrected chi connectivity index (χ0v) is 40.4. The van der Waals surface area contributed by atoms with Gasteiger partial charge in [0.25, 0.3) is 0 Å². The first kappa shape index (κ1) is 42.0.